The van der Waals surface area contributed by atoms with Crippen molar-refractivity contribution in [1.29, 1.82) is 0 Å². The Balaban J connectivity index is 1.95. The lowest BCUT2D eigenvalue weighted by molar-refractivity contribution is 0.508. The minimum Gasteiger partial charge on any atom is -0.368 e. The lowest BCUT2D eigenvalue weighted by Crippen LogP contribution is -2.28. The standard InChI is InChI=1S/C16H15FN6/c17-11-3-1-10(2-4-11)14-15(12-5-6-20-16(18)21-12)23-8-7-19-9-13(23)22-14/h1-6,19H,7-9H2,(H2,18,20,21). The van der Waals surface area contributed by atoms with Crippen molar-refractivity contribution in [2.75, 3.05) is 12.3 Å². The van der Waals surface area contributed by atoms with E-state index in [2.05, 4.69) is 19.9 Å². The molecule has 116 valence electrons. The van der Waals surface area contributed by atoms with Gasteiger partial charge in [0.1, 0.15) is 11.6 Å². The van der Waals surface area contributed by atoms with Gasteiger partial charge >= 0.3 is 0 Å². The molecule has 7 heteroatoms. The summed E-state index contributed by atoms with van der Waals surface area (Å²) in [5.41, 5.74) is 8.97. The molecule has 4 rings (SSSR count). The molecule has 1 aromatic carbocycles. The minimum absolute atomic E-state index is 0.219. The second-order valence-corrected chi connectivity index (χ2v) is 5.36. The Hall–Kier alpha value is -2.80. The SMILES string of the molecule is Nc1nccc(-c2c(-c3ccc(F)cc3)nc3n2CCNC3)n1. The first kappa shape index (κ1) is 13.8. The molecule has 0 bridgehead atoms. The zero-order valence-electron chi connectivity index (χ0n) is 12.3. The van der Waals surface area contributed by atoms with E-state index >= 15 is 0 Å². The summed E-state index contributed by atoms with van der Waals surface area (Å²) < 4.78 is 15.4. The number of nitrogens with zero attached hydrogens (tertiary/aromatic N) is 4. The first-order valence-electron chi connectivity index (χ1n) is 7.37. The number of hydrogen-bond acceptors (Lipinski definition) is 5. The number of fused-ring (bicyclic) bond motifs is 1. The van der Waals surface area contributed by atoms with Gasteiger partial charge in [0.25, 0.3) is 0 Å². The van der Waals surface area contributed by atoms with Crippen LogP contribution in [0.4, 0.5) is 10.3 Å². The predicted octanol–water partition coefficient (Wildman–Crippen LogP) is 1.83. The highest BCUT2D eigenvalue weighted by atomic mass is 19.1. The molecule has 0 saturated heterocycles. The van der Waals surface area contributed by atoms with E-state index in [9.17, 15) is 4.39 Å². The van der Waals surface area contributed by atoms with Gasteiger partial charge in [-0.2, -0.15) is 0 Å². The van der Waals surface area contributed by atoms with Gasteiger partial charge in [-0.25, -0.2) is 19.3 Å². The van der Waals surface area contributed by atoms with Gasteiger partial charge in [-0.15, -0.1) is 0 Å². The van der Waals surface area contributed by atoms with Crippen LogP contribution in [0.3, 0.4) is 0 Å². The highest BCUT2D eigenvalue weighted by molar-refractivity contribution is 5.77. The molecule has 0 radical (unpaired) electrons. The lowest BCUT2D eigenvalue weighted by atomic mass is 10.1. The highest BCUT2D eigenvalue weighted by Crippen LogP contribution is 2.32. The largest absolute Gasteiger partial charge is 0.368 e. The number of rotatable bonds is 2. The highest BCUT2D eigenvalue weighted by Gasteiger charge is 2.22. The maximum Gasteiger partial charge on any atom is 0.220 e. The maximum atomic E-state index is 13.2. The quantitative estimate of drug-likeness (QED) is 0.754. The Bertz CT molecular complexity index is 856. The van der Waals surface area contributed by atoms with Crippen molar-refractivity contribution < 1.29 is 4.39 Å². The topological polar surface area (TPSA) is 81.6 Å². The third-order valence-corrected chi connectivity index (χ3v) is 3.88. The first-order valence-corrected chi connectivity index (χ1v) is 7.37. The van der Waals surface area contributed by atoms with Gasteiger partial charge in [0, 0.05) is 24.8 Å². The molecule has 0 fully saturated rings. The summed E-state index contributed by atoms with van der Waals surface area (Å²) in [7, 11) is 0. The molecule has 23 heavy (non-hydrogen) atoms. The molecule has 0 aliphatic carbocycles. The number of hydrogen-bond donors (Lipinski definition) is 2. The van der Waals surface area contributed by atoms with Crippen LogP contribution in [-0.2, 0) is 13.1 Å². The van der Waals surface area contributed by atoms with Crippen LogP contribution in [0.25, 0.3) is 22.6 Å². The smallest absolute Gasteiger partial charge is 0.220 e. The number of imidazole rings is 1. The van der Waals surface area contributed by atoms with Crippen molar-refractivity contribution in [2.24, 2.45) is 0 Å². The molecule has 1 aliphatic heterocycles. The molecule has 2 aromatic heterocycles. The fourth-order valence-electron chi connectivity index (χ4n) is 2.84. The van der Waals surface area contributed by atoms with E-state index < -0.39 is 0 Å². The Labute approximate surface area is 132 Å². The van der Waals surface area contributed by atoms with Crippen LogP contribution in [-0.4, -0.2) is 26.1 Å². The molecule has 0 spiro atoms. The molecule has 0 atom stereocenters. The molecule has 3 heterocycles. The molecule has 0 saturated carbocycles. The molecular weight excluding hydrogens is 295 g/mol. The van der Waals surface area contributed by atoms with Gasteiger partial charge in [-0.05, 0) is 30.3 Å². The van der Waals surface area contributed by atoms with E-state index in [4.69, 9.17) is 10.7 Å². The van der Waals surface area contributed by atoms with Crippen molar-refractivity contribution in [1.82, 2.24) is 24.8 Å². The second kappa shape index (κ2) is 5.44. The lowest BCUT2D eigenvalue weighted by Gasteiger charge is -2.17. The van der Waals surface area contributed by atoms with Crippen molar-refractivity contribution in [2.45, 2.75) is 13.1 Å². The number of aromatic nitrogens is 4. The van der Waals surface area contributed by atoms with Crippen LogP contribution in [0.5, 0.6) is 0 Å². The number of anilines is 1. The maximum absolute atomic E-state index is 13.2. The van der Waals surface area contributed by atoms with E-state index in [1.165, 1.54) is 12.1 Å². The molecular formula is C16H15FN6. The molecule has 1 aliphatic rings. The minimum atomic E-state index is -0.271. The zero-order chi connectivity index (χ0) is 15.8. The number of benzene rings is 1. The molecule has 3 N–H and O–H groups in total. The van der Waals surface area contributed by atoms with Crippen LogP contribution in [0.2, 0.25) is 0 Å². The van der Waals surface area contributed by atoms with Gasteiger partial charge < -0.3 is 15.6 Å². The van der Waals surface area contributed by atoms with E-state index in [1.807, 2.05) is 6.07 Å². The Kier molecular flexibility index (Phi) is 3.27. The van der Waals surface area contributed by atoms with E-state index in [-0.39, 0.29) is 11.8 Å². The molecule has 6 nitrogen and oxygen atoms in total. The Morgan fingerprint density at radius 3 is 2.74 bits per heavy atom. The summed E-state index contributed by atoms with van der Waals surface area (Å²) in [6, 6.07) is 8.14. The van der Waals surface area contributed by atoms with Gasteiger partial charge in [0.15, 0.2) is 0 Å². The van der Waals surface area contributed by atoms with E-state index in [1.54, 1.807) is 18.3 Å². The van der Waals surface area contributed by atoms with Crippen molar-refractivity contribution >= 4 is 5.95 Å². The summed E-state index contributed by atoms with van der Waals surface area (Å²) in [6.07, 6.45) is 1.63. The monoisotopic (exact) mass is 310 g/mol. The third-order valence-electron chi connectivity index (χ3n) is 3.88. The summed E-state index contributed by atoms with van der Waals surface area (Å²) >= 11 is 0. The average molecular weight is 310 g/mol. The number of nitrogen functional groups attached to an aromatic ring is 1. The Morgan fingerprint density at radius 1 is 1.13 bits per heavy atom. The molecule has 0 amide bonds. The van der Waals surface area contributed by atoms with E-state index in [0.29, 0.717) is 6.54 Å². The fraction of sp³-hybridized carbons (Fsp3) is 0.188. The number of halogens is 1. The summed E-state index contributed by atoms with van der Waals surface area (Å²) in [6.45, 7) is 2.34. The molecule has 3 aromatic rings. The van der Waals surface area contributed by atoms with Crippen molar-refractivity contribution in [3.8, 4) is 22.6 Å². The van der Waals surface area contributed by atoms with Gasteiger partial charge in [0.2, 0.25) is 5.95 Å². The summed E-state index contributed by atoms with van der Waals surface area (Å²) in [5, 5.41) is 3.30. The van der Waals surface area contributed by atoms with Crippen LogP contribution in [0, 0.1) is 5.82 Å². The van der Waals surface area contributed by atoms with Crippen LogP contribution >= 0.6 is 0 Å². The summed E-state index contributed by atoms with van der Waals surface area (Å²) in [4.78, 5) is 13.0. The molecule has 0 unspecified atom stereocenters. The van der Waals surface area contributed by atoms with E-state index in [0.717, 1.165) is 41.6 Å². The summed E-state index contributed by atoms with van der Waals surface area (Å²) in [5.74, 6) is 0.881. The van der Waals surface area contributed by atoms with Crippen LogP contribution < -0.4 is 11.1 Å². The van der Waals surface area contributed by atoms with Crippen molar-refractivity contribution in [3.63, 3.8) is 0 Å². The number of nitrogens with one attached hydrogen (secondary N) is 1. The number of nitrogens with two attached hydrogens (primary N) is 1. The van der Waals surface area contributed by atoms with Gasteiger partial charge in [0.05, 0.1) is 23.6 Å². The van der Waals surface area contributed by atoms with Crippen molar-refractivity contribution in [3.05, 3.63) is 48.2 Å². The first-order chi connectivity index (χ1) is 11.2. The van der Waals surface area contributed by atoms with Crippen LogP contribution in [0.1, 0.15) is 5.82 Å². The second-order valence-electron chi connectivity index (χ2n) is 5.36. The third kappa shape index (κ3) is 2.44. The zero-order valence-corrected chi connectivity index (χ0v) is 12.3. The normalized spacial score (nSPS) is 13.8. The average Bonchev–Trinajstić information content (AvgIpc) is 2.95. The van der Waals surface area contributed by atoms with Gasteiger partial charge in [-0.1, -0.05) is 0 Å². The van der Waals surface area contributed by atoms with Gasteiger partial charge in [-0.3, -0.25) is 0 Å². The Morgan fingerprint density at radius 2 is 1.96 bits per heavy atom. The fourth-order valence-corrected chi connectivity index (χ4v) is 2.84. The van der Waals surface area contributed by atoms with Crippen LogP contribution in [0.15, 0.2) is 36.5 Å². The predicted molar refractivity (Wildman–Crippen MR) is 84.8 cm³/mol.